The molecule has 1 heterocycles. The Labute approximate surface area is 72.4 Å². The lowest BCUT2D eigenvalue weighted by atomic mass is 10.0. The fraction of sp³-hybridized carbons (Fsp3) is 0.0909. The van der Waals surface area contributed by atoms with E-state index in [1.165, 1.54) is 16.8 Å². The average molecular weight is 157 g/mol. The highest BCUT2D eigenvalue weighted by Crippen LogP contribution is 2.27. The van der Waals surface area contributed by atoms with E-state index in [4.69, 9.17) is 0 Å². The summed E-state index contributed by atoms with van der Waals surface area (Å²) in [5.41, 5.74) is 3.68. The molecule has 0 amide bonds. The molecule has 2 rings (SSSR count). The van der Waals surface area contributed by atoms with Gasteiger partial charge in [-0.25, -0.2) is 0 Å². The van der Waals surface area contributed by atoms with Crippen LogP contribution in [0.4, 0.5) is 5.69 Å². The average Bonchev–Trinajstić information content (AvgIpc) is 2.17. The molecule has 1 aliphatic rings. The van der Waals surface area contributed by atoms with Crippen molar-refractivity contribution in [3.05, 3.63) is 48.6 Å². The Bertz CT molecular complexity index is 337. The Kier molecular flexibility index (Phi) is 1.71. The van der Waals surface area contributed by atoms with Gasteiger partial charge in [0.25, 0.3) is 0 Å². The zero-order valence-electron chi connectivity index (χ0n) is 6.88. The molecule has 0 bridgehead atoms. The van der Waals surface area contributed by atoms with Gasteiger partial charge in [0.05, 0.1) is 0 Å². The van der Waals surface area contributed by atoms with Gasteiger partial charge < -0.3 is 5.32 Å². The van der Waals surface area contributed by atoms with Gasteiger partial charge in [0.15, 0.2) is 0 Å². The first-order chi connectivity index (χ1) is 5.92. The van der Waals surface area contributed by atoms with Gasteiger partial charge in [0, 0.05) is 17.8 Å². The van der Waals surface area contributed by atoms with Crippen LogP contribution in [0.2, 0.25) is 0 Å². The van der Waals surface area contributed by atoms with Gasteiger partial charge >= 0.3 is 0 Å². The number of benzene rings is 1. The number of nitrogens with one attached hydrogen (secondary N) is 1. The van der Waals surface area contributed by atoms with Crippen molar-refractivity contribution in [1.82, 2.24) is 0 Å². The van der Waals surface area contributed by atoms with Crippen LogP contribution in [0.3, 0.4) is 0 Å². The molecule has 0 aromatic heterocycles. The fourth-order valence-corrected chi connectivity index (χ4v) is 1.46. The number of hydrogen-bond donors (Lipinski definition) is 1. The molecule has 0 radical (unpaired) electrons. The highest BCUT2D eigenvalue weighted by molar-refractivity contribution is 5.84. The second-order valence-electron chi connectivity index (χ2n) is 2.79. The van der Waals surface area contributed by atoms with Crippen LogP contribution >= 0.6 is 0 Å². The van der Waals surface area contributed by atoms with Crippen LogP contribution in [-0.2, 0) is 0 Å². The van der Waals surface area contributed by atoms with Crippen molar-refractivity contribution in [2.45, 2.75) is 0 Å². The summed E-state index contributed by atoms with van der Waals surface area (Å²) in [4.78, 5) is 0. The maximum atomic E-state index is 3.79. The first kappa shape index (κ1) is 7.17. The van der Waals surface area contributed by atoms with Gasteiger partial charge in [-0.15, -0.1) is 0 Å². The molecule has 0 fully saturated rings. The van der Waals surface area contributed by atoms with Crippen LogP contribution in [0.5, 0.6) is 0 Å². The Morgan fingerprint density at radius 3 is 3.00 bits per heavy atom. The van der Waals surface area contributed by atoms with Crippen molar-refractivity contribution in [3.63, 3.8) is 0 Å². The first-order valence-electron chi connectivity index (χ1n) is 4.07. The molecule has 1 heteroatoms. The number of rotatable bonds is 1. The van der Waals surface area contributed by atoms with Crippen LogP contribution in [-0.4, -0.2) is 6.54 Å². The van der Waals surface area contributed by atoms with E-state index >= 15 is 0 Å². The first-order valence-corrected chi connectivity index (χ1v) is 4.07. The summed E-state index contributed by atoms with van der Waals surface area (Å²) in [6, 6.07) is 8.28. The summed E-state index contributed by atoms with van der Waals surface area (Å²) < 4.78 is 0. The lowest BCUT2D eigenvalue weighted by molar-refractivity contribution is 1.30. The molecule has 0 atom stereocenters. The molecule has 1 aliphatic heterocycles. The van der Waals surface area contributed by atoms with Gasteiger partial charge in [-0.1, -0.05) is 36.9 Å². The zero-order valence-corrected chi connectivity index (χ0v) is 6.88. The molecule has 0 spiro atoms. The minimum atomic E-state index is 0.901. The minimum absolute atomic E-state index is 0.901. The SMILES string of the molecule is C=CC1=CCNc2ccccc21. The van der Waals surface area contributed by atoms with E-state index < -0.39 is 0 Å². The fourth-order valence-electron chi connectivity index (χ4n) is 1.46. The number of fused-ring (bicyclic) bond motifs is 1. The van der Waals surface area contributed by atoms with Crippen LogP contribution in [0.25, 0.3) is 5.57 Å². The van der Waals surface area contributed by atoms with Gasteiger partial charge in [-0.3, -0.25) is 0 Å². The van der Waals surface area contributed by atoms with Gasteiger partial charge in [0.2, 0.25) is 0 Å². The van der Waals surface area contributed by atoms with Crippen molar-refractivity contribution in [2.24, 2.45) is 0 Å². The van der Waals surface area contributed by atoms with Crippen molar-refractivity contribution in [3.8, 4) is 0 Å². The molecule has 1 aromatic carbocycles. The van der Waals surface area contributed by atoms with Crippen molar-refractivity contribution >= 4 is 11.3 Å². The second kappa shape index (κ2) is 2.86. The smallest absolute Gasteiger partial charge is 0.0422 e. The lowest BCUT2D eigenvalue weighted by Gasteiger charge is -2.16. The molecule has 1 aromatic rings. The molecular formula is C11H11N. The zero-order chi connectivity index (χ0) is 8.39. The standard InChI is InChI=1S/C11H11N/c1-2-9-7-8-12-11-6-4-3-5-10(9)11/h2-7,12H,1,8H2. The summed E-state index contributed by atoms with van der Waals surface area (Å²) in [5.74, 6) is 0. The normalized spacial score (nSPS) is 14.2. The van der Waals surface area contributed by atoms with Gasteiger partial charge in [-0.05, 0) is 11.6 Å². The summed E-state index contributed by atoms with van der Waals surface area (Å²) in [6.07, 6.45) is 4.05. The minimum Gasteiger partial charge on any atom is -0.381 e. The topological polar surface area (TPSA) is 12.0 Å². The van der Waals surface area contributed by atoms with E-state index in [1.807, 2.05) is 18.2 Å². The molecule has 0 saturated carbocycles. The van der Waals surface area contributed by atoms with Crippen molar-refractivity contribution in [2.75, 3.05) is 11.9 Å². The molecule has 0 saturated heterocycles. The molecule has 0 unspecified atom stereocenters. The van der Waals surface area contributed by atoms with E-state index in [2.05, 4.69) is 30.1 Å². The highest BCUT2D eigenvalue weighted by Gasteiger charge is 2.07. The number of para-hydroxylation sites is 1. The van der Waals surface area contributed by atoms with Gasteiger partial charge in [0.1, 0.15) is 0 Å². The molecule has 12 heavy (non-hydrogen) atoms. The van der Waals surface area contributed by atoms with Crippen LogP contribution in [0.15, 0.2) is 43.0 Å². The van der Waals surface area contributed by atoms with Crippen LogP contribution < -0.4 is 5.32 Å². The van der Waals surface area contributed by atoms with E-state index in [1.54, 1.807) is 0 Å². The highest BCUT2D eigenvalue weighted by atomic mass is 14.9. The second-order valence-corrected chi connectivity index (χ2v) is 2.79. The third-order valence-corrected chi connectivity index (χ3v) is 2.07. The molecule has 60 valence electrons. The molecule has 1 N–H and O–H groups in total. The number of anilines is 1. The largest absolute Gasteiger partial charge is 0.381 e. The predicted octanol–water partition coefficient (Wildman–Crippen LogP) is 2.68. The molecule has 0 aliphatic carbocycles. The summed E-state index contributed by atoms with van der Waals surface area (Å²) in [6.45, 7) is 4.69. The third kappa shape index (κ3) is 1.03. The van der Waals surface area contributed by atoms with E-state index in [-0.39, 0.29) is 0 Å². The monoisotopic (exact) mass is 157 g/mol. The van der Waals surface area contributed by atoms with Crippen molar-refractivity contribution < 1.29 is 0 Å². The van der Waals surface area contributed by atoms with Gasteiger partial charge in [-0.2, -0.15) is 0 Å². The Hall–Kier alpha value is -1.50. The third-order valence-electron chi connectivity index (χ3n) is 2.07. The Balaban J connectivity index is 2.55. The predicted molar refractivity (Wildman–Crippen MR) is 53.1 cm³/mol. The van der Waals surface area contributed by atoms with E-state index in [9.17, 15) is 0 Å². The summed E-state index contributed by atoms with van der Waals surface area (Å²) in [7, 11) is 0. The van der Waals surface area contributed by atoms with Crippen LogP contribution in [0, 0.1) is 0 Å². The van der Waals surface area contributed by atoms with Crippen molar-refractivity contribution in [1.29, 1.82) is 0 Å². The van der Waals surface area contributed by atoms with E-state index in [0.717, 1.165) is 6.54 Å². The number of hydrogen-bond acceptors (Lipinski definition) is 1. The Morgan fingerprint density at radius 1 is 1.33 bits per heavy atom. The lowest BCUT2D eigenvalue weighted by Crippen LogP contribution is -2.06. The maximum absolute atomic E-state index is 3.79. The maximum Gasteiger partial charge on any atom is 0.0422 e. The van der Waals surface area contributed by atoms with E-state index in [0.29, 0.717) is 0 Å². The number of allylic oxidation sites excluding steroid dienone is 2. The quantitative estimate of drug-likeness (QED) is 0.660. The summed E-state index contributed by atoms with van der Waals surface area (Å²) >= 11 is 0. The molecular weight excluding hydrogens is 146 g/mol. The Morgan fingerprint density at radius 2 is 2.17 bits per heavy atom. The molecule has 1 nitrogen and oxygen atoms in total. The summed E-state index contributed by atoms with van der Waals surface area (Å²) in [5, 5.41) is 3.30. The van der Waals surface area contributed by atoms with Crippen LogP contribution in [0.1, 0.15) is 5.56 Å².